The Kier molecular flexibility index (Phi) is 1.95. The standard InChI is InChI=1S/C10H5/c1-3-9-7-5-6-8-10(9)4-2/h1,5-8H/q+1. The zero-order chi connectivity index (χ0) is 7.40. The van der Waals surface area contributed by atoms with E-state index in [1.807, 2.05) is 12.1 Å². The second-order valence-corrected chi connectivity index (χ2v) is 1.81. The molecule has 0 fully saturated rings. The van der Waals surface area contributed by atoms with Crippen molar-refractivity contribution < 1.29 is 0 Å². The molecule has 0 saturated heterocycles. The molecule has 0 nitrogen and oxygen atoms in total. The Morgan fingerprint density at radius 2 is 1.80 bits per heavy atom. The van der Waals surface area contributed by atoms with Crippen molar-refractivity contribution in [2.24, 2.45) is 0 Å². The maximum absolute atomic E-state index is 6.84. The van der Waals surface area contributed by atoms with E-state index in [0.29, 0.717) is 5.56 Å². The first-order chi connectivity index (χ1) is 4.88. The van der Waals surface area contributed by atoms with Gasteiger partial charge in [-0.25, -0.2) is 0 Å². The van der Waals surface area contributed by atoms with Gasteiger partial charge in [-0.3, -0.25) is 0 Å². The summed E-state index contributed by atoms with van der Waals surface area (Å²) in [5.74, 6) is 4.72. The summed E-state index contributed by atoms with van der Waals surface area (Å²) in [6, 6.07) is 7.23. The van der Waals surface area contributed by atoms with Gasteiger partial charge in [0.05, 0.1) is 0 Å². The zero-order valence-electron chi connectivity index (χ0n) is 5.39. The Bertz CT molecular complexity index is 275. The van der Waals surface area contributed by atoms with Crippen molar-refractivity contribution in [2.45, 2.75) is 0 Å². The first-order valence-electron chi connectivity index (χ1n) is 2.87. The molecule has 0 aromatic heterocycles. The van der Waals surface area contributed by atoms with Crippen LogP contribution in [-0.2, 0) is 0 Å². The van der Waals surface area contributed by atoms with Gasteiger partial charge in [0, 0.05) is 0 Å². The fourth-order valence-electron chi connectivity index (χ4n) is 0.718. The molecule has 0 aliphatic rings. The third-order valence-electron chi connectivity index (χ3n) is 1.22. The number of rotatable bonds is 0. The van der Waals surface area contributed by atoms with E-state index in [1.54, 1.807) is 12.1 Å². The van der Waals surface area contributed by atoms with Crippen LogP contribution in [0.4, 0.5) is 0 Å². The average Bonchev–Trinajstić information content (AvgIpc) is 2.04. The molecular formula is C10H5+. The molecule has 0 N–H and O–H groups in total. The average molecular weight is 125 g/mol. The van der Waals surface area contributed by atoms with Crippen LogP contribution < -0.4 is 0 Å². The van der Waals surface area contributed by atoms with Gasteiger partial charge in [-0.1, -0.05) is 0 Å². The van der Waals surface area contributed by atoms with Crippen molar-refractivity contribution in [1.29, 1.82) is 0 Å². The second kappa shape index (κ2) is 2.92. The Morgan fingerprint density at radius 3 is 2.20 bits per heavy atom. The summed E-state index contributed by atoms with van der Waals surface area (Å²) in [5.41, 5.74) is 1.39. The van der Waals surface area contributed by atoms with E-state index in [1.165, 1.54) is 0 Å². The van der Waals surface area contributed by atoms with Crippen LogP contribution in [0.25, 0.3) is 0 Å². The van der Waals surface area contributed by atoms with Crippen molar-refractivity contribution >= 4 is 0 Å². The zero-order valence-corrected chi connectivity index (χ0v) is 5.39. The van der Waals surface area contributed by atoms with Crippen LogP contribution in [0.15, 0.2) is 24.3 Å². The van der Waals surface area contributed by atoms with Gasteiger partial charge in [0.15, 0.2) is 0 Å². The van der Waals surface area contributed by atoms with E-state index in [2.05, 4.69) is 11.8 Å². The minimum absolute atomic E-state index is 0.671. The monoisotopic (exact) mass is 125 g/mol. The van der Waals surface area contributed by atoms with Gasteiger partial charge < -0.3 is 0 Å². The number of benzene rings is 1. The SMILES string of the molecule is [C+]#Cc1ccccc1C#C. The fraction of sp³-hybridized carbons (Fsp3) is 0. The molecule has 0 spiro atoms. The molecule has 1 rings (SSSR count). The predicted molar refractivity (Wildman–Crippen MR) is 40.6 cm³/mol. The number of hydrogen-bond acceptors (Lipinski definition) is 0. The predicted octanol–water partition coefficient (Wildman–Crippen LogP) is 1.61. The van der Waals surface area contributed by atoms with Crippen LogP contribution in [0.5, 0.6) is 0 Å². The normalized spacial score (nSPS) is 8.10. The molecule has 0 amide bonds. The van der Waals surface area contributed by atoms with E-state index in [0.717, 1.165) is 5.56 Å². The first-order valence-corrected chi connectivity index (χ1v) is 2.87. The summed E-state index contributed by atoms with van der Waals surface area (Å²) in [6.07, 6.45) is 12.0. The van der Waals surface area contributed by atoms with Gasteiger partial charge in [-0.15, -0.1) is 0 Å². The van der Waals surface area contributed by atoms with Crippen molar-refractivity contribution in [3.05, 3.63) is 41.8 Å². The fourth-order valence-corrected chi connectivity index (χ4v) is 0.718. The molecule has 0 aliphatic carbocycles. The third kappa shape index (κ3) is 1.10. The van der Waals surface area contributed by atoms with Crippen LogP contribution in [0.2, 0.25) is 0 Å². The molecule has 0 atom stereocenters. The van der Waals surface area contributed by atoms with Gasteiger partial charge in [0.1, 0.15) is 0 Å². The quantitative estimate of drug-likeness (QED) is 0.365. The Hall–Kier alpha value is -1.44. The summed E-state index contributed by atoms with van der Waals surface area (Å²) in [4.78, 5) is 0. The first kappa shape index (κ1) is 6.68. The summed E-state index contributed by atoms with van der Waals surface area (Å²) in [6.45, 7) is 0. The minimum atomic E-state index is 0.671. The summed E-state index contributed by atoms with van der Waals surface area (Å²) in [7, 11) is 0. The van der Waals surface area contributed by atoms with Crippen LogP contribution in [0, 0.1) is 24.7 Å². The van der Waals surface area contributed by atoms with Gasteiger partial charge in [0.2, 0.25) is 0 Å². The van der Waals surface area contributed by atoms with Crippen molar-refractivity contribution in [1.82, 2.24) is 0 Å². The molecule has 0 heterocycles. The van der Waals surface area contributed by atoms with Crippen LogP contribution in [0.1, 0.15) is 11.1 Å². The van der Waals surface area contributed by atoms with Gasteiger partial charge in [0.25, 0.3) is 0 Å². The summed E-state index contributed by atoms with van der Waals surface area (Å²) in [5, 5.41) is 0. The van der Waals surface area contributed by atoms with Crippen LogP contribution in [-0.4, -0.2) is 0 Å². The van der Waals surface area contributed by atoms with Gasteiger partial charge in [-0.05, 0) is 0 Å². The molecule has 0 aliphatic heterocycles. The molecule has 0 radical (unpaired) electrons. The summed E-state index contributed by atoms with van der Waals surface area (Å²) < 4.78 is 0. The number of hydrogen-bond donors (Lipinski definition) is 0. The van der Waals surface area contributed by atoms with E-state index in [4.69, 9.17) is 12.8 Å². The maximum atomic E-state index is 6.84. The summed E-state index contributed by atoms with van der Waals surface area (Å²) >= 11 is 0. The van der Waals surface area contributed by atoms with Gasteiger partial charge in [-0.2, -0.15) is 0 Å². The molecule has 1 aromatic rings. The Morgan fingerprint density at radius 1 is 1.20 bits per heavy atom. The van der Waals surface area contributed by atoms with E-state index < -0.39 is 0 Å². The van der Waals surface area contributed by atoms with Crippen molar-refractivity contribution in [3.8, 4) is 18.3 Å². The molecule has 0 unspecified atom stereocenters. The van der Waals surface area contributed by atoms with Crippen LogP contribution >= 0.6 is 0 Å². The number of terminal acetylenes is 1. The molecule has 10 heavy (non-hydrogen) atoms. The van der Waals surface area contributed by atoms with Crippen molar-refractivity contribution in [2.75, 3.05) is 0 Å². The Balaban J connectivity index is 3.28. The van der Waals surface area contributed by atoms with Gasteiger partial charge >= 0.3 is 60.1 Å². The van der Waals surface area contributed by atoms with E-state index >= 15 is 0 Å². The molecule has 0 bridgehead atoms. The Labute approximate surface area is 60.9 Å². The molecule has 0 heteroatoms. The third-order valence-corrected chi connectivity index (χ3v) is 1.22. The van der Waals surface area contributed by atoms with E-state index in [-0.39, 0.29) is 0 Å². The topological polar surface area (TPSA) is 0 Å². The molecular weight excluding hydrogens is 120 g/mol. The molecule has 1 aromatic carbocycles. The van der Waals surface area contributed by atoms with Crippen LogP contribution in [0.3, 0.4) is 0 Å². The van der Waals surface area contributed by atoms with Crippen molar-refractivity contribution in [3.63, 3.8) is 0 Å². The second-order valence-electron chi connectivity index (χ2n) is 1.81. The van der Waals surface area contributed by atoms with E-state index in [9.17, 15) is 0 Å². The molecule has 44 valence electrons. The molecule has 0 saturated carbocycles.